The van der Waals surface area contributed by atoms with Gasteiger partial charge in [0.25, 0.3) is 0 Å². The molecular formula is C19H17F4N3O2S. The van der Waals surface area contributed by atoms with Gasteiger partial charge in [0.05, 0.1) is 18.4 Å². The number of rotatable bonds is 3. The minimum atomic E-state index is -5.08. The highest BCUT2D eigenvalue weighted by Gasteiger charge is 2.38. The summed E-state index contributed by atoms with van der Waals surface area (Å²) in [6.07, 6.45) is -3.22. The van der Waals surface area contributed by atoms with E-state index in [4.69, 9.17) is 9.90 Å². The fourth-order valence-electron chi connectivity index (χ4n) is 2.96. The van der Waals surface area contributed by atoms with Crippen LogP contribution in [0.2, 0.25) is 0 Å². The third kappa shape index (κ3) is 5.42. The van der Waals surface area contributed by atoms with Crippen molar-refractivity contribution in [3.8, 4) is 11.3 Å². The summed E-state index contributed by atoms with van der Waals surface area (Å²) < 4.78 is 47.4. The van der Waals surface area contributed by atoms with Crippen LogP contribution in [0.25, 0.3) is 11.3 Å². The van der Waals surface area contributed by atoms with Crippen LogP contribution >= 0.6 is 11.3 Å². The molecule has 0 atom stereocenters. The average molecular weight is 427 g/mol. The molecule has 0 bridgehead atoms. The number of imidazole rings is 1. The normalized spacial score (nSPS) is 14.1. The van der Waals surface area contributed by atoms with Gasteiger partial charge < -0.3 is 9.67 Å². The second kappa shape index (κ2) is 8.75. The van der Waals surface area contributed by atoms with Gasteiger partial charge in [-0.1, -0.05) is 12.1 Å². The number of carboxylic acid groups (broad SMARTS) is 1. The Labute approximate surface area is 167 Å². The third-order valence-electron chi connectivity index (χ3n) is 4.29. The largest absolute Gasteiger partial charge is 0.490 e. The van der Waals surface area contributed by atoms with Crippen molar-refractivity contribution in [1.82, 2.24) is 14.5 Å². The third-order valence-corrected chi connectivity index (χ3v) is 5.02. The van der Waals surface area contributed by atoms with Crippen molar-refractivity contribution in [2.75, 3.05) is 6.54 Å². The van der Waals surface area contributed by atoms with Crippen molar-refractivity contribution in [2.24, 2.45) is 0 Å². The second-order valence-electron chi connectivity index (χ2n) is 6.37. The quantitative estimate of drug-likeness (QED) is 0.630. The van der Waals surface area contributed by atoms with Gasteiger partial charge >= 0.3 is 12.1 Å². The molecule has 10 heteroatoms. The van der Waals surface area contributed by atoms with E-state index in [1.165, 1.54) is 11.6 Å². The van der Waals surface area contributed by atoms with E-state index >= 15 is 0 Å². The Hall–Kier alpha value is -2.72. The Morgan fingerprint density at radius 2 is 2.00 bits per heavy atom. The number of aromatic nitrogens is 2. The molecule has 2 aromatic heterocycles. The molecule has 1 N–H and O–H groups in total. The molecule has 5 nitrogen and oxygen atoms in total. The first-order valence-electron chi connectivity index (χ1n) is 8.58. The zero-order chi connectivity index (χ0) is 21.0. The van der Waals surface area contributed by atoms with Gasteiger partial charge in [-0.3, -0.25) is 4.90 Å². The number of alkyl halides is 3. The molecular weight excluding hydrogens is 410 g/mol. The molecule has 1 aromatic carbocycles. The predicted octanol–water partition coefficient (Wildman–Crippen LogP) is 4.40. The molecule has 0 radical (unpaired) electrons. The maximum absolute atomic E-state index is 13.4. The molecule has 0 unspecified atom stereocenters. The first kappa shape index (κ1) is 21.0. The molecule has 1 aliphatic rings. The van der Waals surface area contributed by atoms with Crippen LogP contribution in [0, 0.1) is 5.82 Å². The summed E-state index contributed by atoms with van der Waals surface area (Å²) in [7, 11) is 0. The number of halogens is 4. The van der Waals surface area contributed by atoms with Gasteiger partial charge in [0.15, 0.2) is 0 Å². The van der Waals surface area contributed by atoms with Crippen LogP contribution in [0.5, 0.6) is 0 Å². The number of carboxylic acids is 1. The van der Waals surface area contributed by atoms with E-state index in [2.05, 4.69) is 31.3 Å². The van der Waals surface area contributed by atoms with E-state index in [1.54, 1.807) is 23.5 Å². The zero-order valence-electron chi connectivity index (χ0n) is 15.1. The molecule has 29 heavy (non-hydrogen) atoms. The number of hydrogen-bond acceptors (Lipinski definition) is 4. The Bertz CT molecular complexity index is 970. The maximum atomic E-state index is 13.4. The van der Waals surface area contributed by atoms with Gasteiger partial charge in [-0.15, -0.1) is 0 Å². The fourth-order valence-corrected chi connectivity index (χ4v) is 3.62. The number of thiophene rings is 1. The van der Waals surface area contributed by atoms with Crippen LogP contribution < -0.4 is 0 Å². The summed E-state index contributed by atoms with van der Waals surface area (Å²) in [5.41, 5.74) is 3.25. The van der Waals surface area contributed by atoms with Crippen LogP contribution in [-0.2, 0) is 24.4 Å². The monoisotopic (exact) mass is 427 g/mol. The summed E-state index contributed by atoms with van der Waals surface area (Å²) in [5, 5.41) is 11.4. The standard InChI is InChI=1S/C17H16FN3S.C2HF3O2/c18-15-3-1-2-14(8-15)16-9-19-17-11-20(5-6-21(16)17)10-13-4-7-22-12-13;3-2(4,5)1(6)7/h1-4,7-9,12H,5-6,10-11H2;(H,6,7). The van der Waals surface area contributed by atoms with E-state index < -0.39 is 12.1 Å². The minimum absolute atomic E-state index is 0.206. The number of hydrogen-bond donors (Lipinski definition) is 1. The zero-order valence-corrected chi connectivity index (χ0v) is 15.9. The number of nitrogens with zero attached hydrogens (tertiary/aromatic N) is 3. The summed E-state index contributed by atoms with van der Waals surface area (Å²) in [6, 6.07) is 8.90. The van der Waals surface area contributed by atoms with Gasteiger partial charge in [-0.25, -0.2) is 14.2 Å². The highest BCUT2D eigenvalue weighted by atomic mass is 32.1. The second-order valence-corrected chi connectivity index (χ2v) is 7.15. The van der Waals surface area contributed by atoms with Crippen LogP contribution in [0.4, 0.5) is 17.6 Å². The molecule has 0 fully saturated rings. The van der Waals surface area contributed by atoms with Crippen LogP contribution in [-0.4, -0.2) is 38.2 Å². The lowest BCUT2D eigenvalue weighted by atomic mass is 10.1. The highest BCUT2D eigenvalue weighted by Crippen LogP contribution is 2.25. The lowest BCUT2D eigenvalue weighted by Crippen LogP contribution is -2.33. The van der Waals surface area contributed by atoms with Gasteiger partial charge in [0.1, 0.15) is 11.6 Å². The summed E-state index contributed by atoms with van der Waals surface area (Å²) in [5.74, 6) is -1.91. The molecule has 154 valence electrons. The van der Waals surface area contributed by atoms with Crippen molar-refractivity contribution >= 4 is 17.3 Å². The molecule has 0 aliphatic carbocycles. The highest BCUT2D eigenvalue weighted by molar-refractivity contribution is 7.07. The lowest BCUT2D eigenvalue weighted by Gasteiger charge is -2.28. The van der Waals surface area contributed by atoms with Crippen molar-refractivity contribution in [1.29, 1.82) is 0 Å². The lowest BCUT2D eigenvalue weighted by molar-refractivity contribution is -0.192. The predicted molar refractivity (Wildman–Crippen MR) is 99.7 cm³/mol. The van der Waals surface area contributed by atoms with Crippen LogP contribution in [0.15, 0.2) is 47.3 Å². The Morgan fingerprint density at radius 1 is 1.24 bits per heavy atom. The Balaban J connectivity index is 0.000000298. The summed E-state index contributed by atoms with van der Waals surface area (Å²) in [4.78, 5) is 15.8. The Morgan fingerprint density at radius 3 is 2.62 bits per heavy atom. The van der Waals surface area contributed by atoms with E-state index in [1.807, 2.05) is 12.3 Å². The van der Waals surface area contributed by atoms with E-state index in [0.717, 1.165) is 43.3 Å². The van der Waals surface area contributed by atoms with Crippen LogP contribution in [0.1, 0.15) is 11.4 Å². The van der Waals surface area contributed by atoms with Gasteiger partial charge in [0.2, 0.25) is 0 Å². The SMILES string of the molecule is Fc1cccc(-c2cnc3n2CCN(Cc2ccsc2)C3)c1.O=C(O)C(F)(F)F. The molecule has 0 saturated heterocycles. The van der Waals surface area contributed by atoms with E-state index in [9.17, 15) is 17.6 Å². The topological polar surface area (TPSA) is 58.4 Å². The van der Waals surface area contributed by atoms with E-state index in [0.29, 0.717) is 0 Å². The number of benzene rings is 1. The van der Waals surface area contributed by atoms with Crippen molar-refractivity contribution < 1.29 is 27.5 Å². The molecule has 3 aromatic rings. The van der Waals surface area contributed by atoms with E-state index in [-0.39, 0.29) is 5.82 Å². The number of aliphatic carboxylic acids is 1. The van der Waals surface area contributed by atoms with Gasteiger partial charge in [0, 0.05) is 25.2 Å². The first-order valence-corrected chi connectivity index (χ1v) is 9.52. The smallest absolute Gasteiger partial charge is 0.475 e. The molecule has 0 spiro atoms. The van der Waals surface area contributed by atoms with Crippen molar-refractivity contribution in [2.45, 2.75) is 25.8 Å². The Kier molecular flexibility index (Phi) is 6.33. The molecule has 1 aliphatic heterocycles. The molecule has 0 amide bonds. The summed E-state index contributed by atoms with van der Waals surface area (Å²) in [6.45, 7) is 3.68. The maximum Gasteiger partial charge on any atom is 0.490 e. The number of carbonyl (C=O) groups is 1. The van der Waals surface area contributed by atoms with Gasteiger partial charge in [-0.2, -0.15) is 24.5 Å². The fraction of sp³-hybridized carbons (Fsp3) is 0.263. The first-order chi connectivity index (χ1) is 13.7. The van der Waals surface area contributed by atoms with Crippen molar-refractivity contribution in [3.63, 3.8) is 0 Å². The average Bonchev–Trinajstić information content (AvgIpc) is 3.31. The van der Waals surface area contributed by atoms with Crippen LogP contribution in [0.3, 0.4) is 0 Å². The molecule has 0 saturated carbocycles. The summed E-state index contributed by atoms with van der Waals surface area (Å²) >= 11 is 1.73. The van der Waals surface area contributed by atoms with Crippen molar-refractivity contribution in [3.05, 3.63) is 64.5 Å². The minimum Gasteiger partial charge on any atom is -0.475 e. The molecule has 3 heterocycles. The van der Waals surface area contributed by atoms with Gasteiger partial charge in [-0.05, 0) is 34.5 Å². The number of fused-ring (bicyclic) bond motifs is 1. The molecule has 4 rings (SSSR count).